The van der Waals surface area contributed by atoms with Crippen LogP contribution in [0.25, 0.3) is 0 Å². The Morgan fingerprint density at radius 2 is 1.83 bits per heavy atom. The maximum Gasteiger partial charge on any atom is 0.255 e. The second-order valence-corrected chi connectivity index (χ2v) is 8.34. The summed E-state index contributed by atoms with van der Waals surface area (Å²) >= 11 is 6.20. The van der Waals surface area contributed by atoms with E-state index in [1.807, 2.05) is 0 Å². The average Bonchev–Trinajstić information content (AvgIpc) is 3.13. The lowest BCUT2D eigenvalue weighted by Gasteiger charge is -2.18. The lowest BCUT2D eigenvalue weighted by molar-refractivity contribution is -0.124. The van der Waals surface area contributed by atoms with Crippen LogP contribution < -0.4 is 5.32 Å². The summed E-state index contributed by atoms with van der Waals surface area (Å²) in [6.45, 7) is 5.50. The highest BCUT2D eigenvalue weighted by Gasteiger charge is 2.40. The number of halogens is 2. The van der Waals surface area contributed by atoms with Crippen LogP contribution in [0.15, 0.2) is 48.5 Å². The summed E-state index contributed by atoms with van der Waals surface area (Å²) in [5, 5.41) is 3.39. The minimum absolute atomic E-state index is 0.0746. The zero-order chi connectivity index (χ0) is 21.0. The molecule has 2 unspecified atom stereocenters. The van der Waals surface area contributed by atoms with Crippen molar-refractivity contribution in [3.8, 4) is 0 Å². The van der Waals surface area contributed by atoms with Gasteiger partial charge in [0.1, 0.15) is 5.82 Å². The quantitative estimate of drug-likeness (QED) is 0.753. The third-order valence-corrected chi connectivity index (χ3v) is 5.70. The van der Waals surface area contributed by atoms with Gasteiger partial charge in [-0.3, -0.25) is 9.59 Å². The molecule has 0 bridgehead atoms. The van der Waals surface area contributed by atoms with Crippen molar-refractivity contribution >= 4 is 23.4 Å². The van der Waals surface area contributed by atoms with Crippen molar-refractivity contribution in [2.75, 3.05) is 19.6 Å². The zero-order valence-corrected chi connectivity index (χ0v) is 17.5. The van der Waals surface area contributed by atoms with Crippen molar-refractivity contribution in [3.63, 3.8) is 0 Å². The van der Waals surface area contributed by atoms with E-state index in [9.17, 15) is 14.0 Å². The number of nitrogens with one attached hydrogen (secondary N) is 1. The van der Waals surface area contributed by atoms with E-state index in [0.717, 1.165) is 12.0 Å². The Hall–Kier alpha value is -2.40. The molecular weight excluding hydrogens is 391 g/mol. The SMILES string of the molecule is CC(C)CCNC(=O)C1CN(C(=O)c2ccccc2Cl)CC1c1ccc(F)cc1. The fourth-order valence-corrected chi connectivity index (χ4v) is 3.92. The molecule has 2 aromatic carbocycles. The molecule has 1 N–H and O–H groups in total. The van der Waals surface area contributed by atoms with E-state index in [1.165, 1.54) is 12.1 Å². The Balaban J connectivity index is 1.81. The molecule has 0 aromatic heterocycles. The molecule has 2 aromatic rings. The lowest BCUT2D eigenvalue weighted by atomic mass is 9.88. The molecule has 29 heavy (non-hydrogen) atoms. The van der Waals surface area contributed by atoms with Crippen LogP contribution in [0.3, 0.4) is 0 Å². The van der Waals surface area contributed by atoms with Crippen LogP contribution in [0.5, 0.6) is 0 Å². The van der Waals surface area contributed by atoms with Crippen LogP contribution in [0.4, 0.5) is 4.39 Å². The number of hydrogen-bond donors (Lipinski definition) is 1. The van der Waals surface area contributed by atoms with Crippen molar-refractivity contribution in [1.29, 1.82) is 0 Å². The highest BCUT2D eigenvalue weighted by Crippen LogP contribution is 2.34. The summed E-state index contributed by atoms with van der Waals surface area (Å²) in [7, 11) is 0. The molecular formula is C23H26ClFN2O2. The van der Waals surface area contributed by atoms with Gasteiger partial charge in [-0.1, -0.05) is 49.7 Å². The molecule has 1 fully saturated rings. The van der Waals surface area contributed by atoms with Gasteiger partial charge in [0.25, 0.3) is 5.91 Å². The topological polar surface area (TPSA) is 49.4 Å². The van der Waals surface area contributed by atoms with Crippen LogP contribution in [-0.2, 0) is 4.79 Å². The van der Waals surface area contributed by atoms with Crippen LogP contribution in [0.2, 0.25) is 5.02 Å². The van der Waals surface area contributed by atoms with E-state index in [1.54, 1.807) is 41.3 Å². The normalized spacial score (nSPS) is 18.9. The van der Waals surface area contributed by atoms with Crippen molar-refractivity contribution in [3.05, 3.63) is 70.5 Å². The number of carbonyl (C=O) groups excluding carboxylic acids is 2. The van der Waals surface area contributed by atoms with Crippen LogP contribution in [-0.4, -0.2) is 36.3 Å². The van der Waals surface area contributed by atoms with Gasteiger partial charge in [-0.15, -0.1) is 0 Å². The molecule has 1 saturated heterocycles. The molecule has 2 atom stereocenters. The molecule has 2 amide bonds. The fraction of sp³-hybridized carbons (Fsp3) is 0.391. The third kappa shape index (κ3) is 5.15. The van der Waals surface area contributed by atoms with E-state index in [-0.39, 0.29) is 29.5 Å². The van der Waals surface area contributed by atoms with Gasteiger partial charge in [0.05, 0.1) is 16.5 Å². The Labute approximate surface area is 176 Å². The Morgan fingerprint density at radius 3 is 2.48 bits per heavy atom. The molecule has 0 saturated carbocycles. The Bertz CT molecular complexity index is 869. The van der Waals surface area contributed by atoms with Crippen molar-refractivity contribution in [2.45, 2.75) is 26.2 Å². The molecule has 4 nitrogen and oxygen atoms in total. The van der Waals surface area contributed by atoms with Gasteiger partial charge in [0.15, 0.2) is 0 Å². The summed E-state index contributed by atoms with van der Waals surface area (Å²) in [5.41, 5.74) is 1.28. The van der Waals surface area contributed by atoms with Crippen molar-refractivity contribution in [2.24, 2.45) is 11.8 Å². The smallest absolute Gasteiger partial charge is 0.255 e. The van der Waals surface area contributed by atoms with Gasteiger partial charge < -0.3 is 10.2 Å². The minimum atomic E-state index is -0.390. The van der Waals surface area contributed by atoms with E-state index >= 15 is 0 Å². The van der Waals surface area contributed by atoms with Gasteiger partial charge >= 0.3 is 0 Å². The van der Waals surface area contributed by atoms with Crippen molar-refractivity contribution < 1.29 is 14.0 Å². The number of nitrogens with zero attached hydrogens (tertiary/aromatic N) is 1. The third-order valence-electron chi connectivity index (χ3n) is 5.37. The maximum absolute atomic E-state index is 13.4. The monoisotopic (exact) mass is 416 g/mol. The van der Waals surface area contributed by atoms with Gasteiger partial charge in [-0.25, -0.2) is 4.39 Å². The first-order valence-corrected chi connectivity index (χ1v) is 10.3. The molecule has 154 valence electrons. The van der Waals surface area contributed by atoms with Crippen LogP contribution in [0.1, 0.15) is 42.1 Å². The number of amides is 2. The summed E-state index contributed by atoms with van der Waals surface area (Å²) in [6.07, 6.45) is 0.891. The molecule has 3 rings (SSSR count). The number of carbonyl (C=O) groups is 2. The lowest BCUT2D eigenvalue weighted by Crippen LogP contribution is -2.36. The number of benzene rings is 2. The first-order chi connectivity index (χ1) is 13.9. The fourth-order valence-electron chi connectivity index (χ4n) is 3.70. The van der Waals surface area contributed by atoms with Crippen molar-refractivity contribution in [1.82, 2.24) is 10.2 Å². The number of rotatable bonds is 6. The second-order valence-electron chi connectivity index (χ2n) is 7.93. The first kappa shape index (κ1) is 21.3. The van der Waals surface area contributed by atoms with Gasteiger partial charge in [0.2, 0.25) is 5.91 Å². The van der Waals surface area contributed by atoms with Gasteiger partial charge in [-0.2, -0.15) is 0 Å². The predicted molar refractivity (Wildman–Crippen MR) is 112 cm³/mol. The standard InChI is InChI=1S/C23H26ClFN2O2/c1-15(2)11-12-26-22(28)20-14-27(23(29)18-5-3-4-6-21(18)24)13-19(20)16-7-9-17(25)10-8-16/h3-10,15,19-20H,11-14H2,1-2H3,(H,26,28). The van der Waals surface area contributed by atoms with Gasteiger partial charge in [-0.05, 0) is 42.2 Å². The highest BCUT2D eigenvalue weighted by molar-refractivity contribution is 6.33. The molecule has 0 radical (unpaired) electrons. The summed E-state index contributed by atoms with van der Waals surface area (Å²) in [6, 6.07) is 13.1. The van der Waals surface area contributed by atoms with E-state index < -0.39 is 0 Å². The largest absolute Gasteiger partial charge is 0.356 e. The zero-order valence-electron chi connectivity index (χ0n) is 16.7. The Kier molecular flexibility index (Phi) is 6.91. The maximum atomic E-state index is 13.4. The molecule has 0 spiro atoms. The van der Waals surface area contributed by atoms with E-state index in [0.29, 0.717) is 36.1 Å². The Morgan fingerprint density at radius 1 is 1.14 bits per heavy atom. The molecule has 1 aliphatic rings. The average molecular weight is 417 g/mol. The van der Waals surface area contributed by atoms with Gasteiger partial charge in [0, 0.05) is 25.6 Å². The number of hydrogen-bond acceptors (Lipinski definition) is 2. The second kappa shape index (κ2) is 9.40. The summed E-state index contributed by atoms with van der Waals surface area (Å²) < 4.78 is 13.4. The molecule has 1 aliphatic heterocycles. The minimum Gasteiger partial charge on any atom is -0.356 e. The first-order valence-electron chi connectivity index (χ1n) is 9.93. The van der Waals surface area contributed by atoms with E-state index in [2.05, 4.69) is 19.2 Å². The number of likely N-dealkylation sites (tertiary alicyclic amines) is 1. The molecule has 1 heterocycles. The van der Waals surface area contributed by atoms with Crippen LogP contribution >= 0.6 is 11.6 Å². The van der Waals surface area contributed by atoms with Crippen LogP contribution in [0, 0.1) is 17.7 Å². The van der Waals surface area contributed by atoms with E-state index in [4.69, 9.17) is 11.6 Å². The molecule has 6 heteroatoms. The molecule has 0 aliphatic carbocycles. The summed E-state index contributed by atoms with van der Waals surface area (Å²) in [4.78, 5) is 27.6. The highest BCUT2D eigenvalue weighted by atomic mass is 35.5. The predicted octanol–water partition coefficient (Wildman–Crippen LogP) is 4.50. The summed E-state index contributed by atoms with van der Waals surface area (Å²) in [5.74, 6) is -0.687.